The van der Waals surface area contributed by atoms with Crippen LogP contribution in [-0.4, -0.2) is 32.4 Å². The van der Waals surface area contributed by atoms with Gasteiger partial charge in [0, 0.05) is 12.7 Å². The Morgan fingerprint density at radius 1 is 1.10 bits per heavy atom. The van der Waals surface area contributed by atoms with E-state index < -0.39 is 18.2 Å². The molecule has 0 N–H and O–H groups in total. The van der Waals surface area contributed by atoms with Gasteiger partial charge in [-0.2, -0.15) is 0 Å². The molecule has 0 saturated heterocycles. The van der Waals surface area contributed by atoms with Gasteiger partial charge in [-0.15, -0.1) is 0 Å². The maximum absolute atomic E-state index is 11.8. The molecule has 0 saturated carbocycles. The maximum Gasteiger partial charge on any atom is 0.381 e. The van der Waals surface area contributed by atoms with E-state index in [2.05, 4.69) is 6.58 Å². The second-order valence-electron chi connectivity index (χ2n) is 3.85. The molecule has 1 aromatic rings. The molecule has 108 valence electrons. The van der Waals surface area contributed by atoms with Crippen molar-refractivity contribution in [3.8, 4) is 11.5 Å². The van der Waals surface area contributed by atoms with Crippen molar-refractivity contribution in [3.63, 3.8) is 0 Å². The average Bonchev–Trinajstić information content (AvgIpc) is 2.44. The normalized spacial score (nSPS) is 11.3. The lowest BCUT2D eigenvalue weighted by Gasteiger charge is -2.14. The Bertz CT molecular complexity index is 491. The standard InChI is InChI=1S/C14H16O6/c1-9(2)12(15)20-14(18-4)13(16)19-11-7-5-10(17-3)6-8-11/h5-8,14H,1H2,2-4H3. The van der Waals surface area contributed by atoms with E-state index in [1.165, 1.54) is 21.1 Å². The van der Waals surface area contributed by atoms with Crippen LogP contribution in [0.4, 0.5) is 0 Å². The lowest BCUT2D eigenvalue weighted by molar-refractivity contribution is -0.187. The fraction of sp³-hybridized carbons (Fsp3) is 0.286. The monoisotopic (exact) mass is 280 g/mol. The number of ether oxygens (including phenoxy) is 4. The van der Waals surface area contributed by atoms with Crippen LogP contribution < -0.4 is 9.47 Å². The highest BCUT2D eigenvalue weighted by atomic mass is 16.7. The minimum atomic E-state index is -1.44. The van der Waals surface area contributed by atoms with Crippen molar-refractivity contribution in [2.24, 2.45) is 0 Å². The molecule has 1 rings (SSSR count). The molecule has 0 aliphatic heterocycles. The van der Waals surface area contributed by atoms with Gasteiger partial charge in [0.2, 0.25) is 0 Å². The molecule has 1 atom stereocenters. The highest BCUT2D eigenvalue weighted by Crippen LogP contribution is 2.18. The molecule has 1 aromatic carbocycles. The van der Waals surface area contributed by atoms with Gasteiger partial charge in [-0.25, -0.2) is 9.59 Å². The average molecular weight is 280 g/mol. The van der Waals surface area contributed by atoms with Crippen LogP contribution in [0.25, 0.3) is 0 Å². The molecule has 6 nitrogen and oxygen atoms in total. The summed E-state index contributed by atoms with van der Waals surface area (Å²) in [7, 11) is 2.75. The highest BCUT2D eigenvalue weighted by molar-refractivity contribution is 5.89. The number of hydrogen-bond acceptors (Lipinski definition) is 6. The molecule has 0 bridgehead atoms. The lowest BCUT2D eigenvalue weighted by atomic mass is 10.3. The van der Waals surface area contributed by atoms with E-state index in [-0.39, 0.29) is 11.3 Å². The molecule has 1 unspecified atom stereocenters. The van der Waals surface area contributed by atoms with E-state index in [0.717, 1.165) is 0 Å². The number of methoxy groups -OCH3 is 2. The van der Waals surface area contributed by atoms with Gasteiger partial charge in [0.1, 0.15) is 11.5 Å². The van der Waals surface area contributed by atoms with Crippen LogP contribution >= 0.6 is 0 Å². The van der Waals surface area contributed by atoms with E-state index in [1.54, 1.807) is 24.3 Å². The van der Waals surface area contributed by atoms with Gasteiger partial charge in [0.25, 0.3) is 0 Å². The Morgan fingerprint density at radius 3 is 2.10 bits per heavy atom. The molecule has 6 heteroatoms. The van der Waals surface area contributed by atoms with Crippen molar-refractivity contribution in [2.75, 3.05) is 14.2 Å². The Balaban J connectivity index is 2.66. The van der Waals surface area contributed by atoms with Gasteiger partial charge in [0.05, 0.1) is 7.11 Å². The zero-order chi connectivity index (χ0) is 15.1. The minimum absolute atomic E-state index is 0.157. The summed E-state index contributed by atoms with van der Waals surface area (Å²) in [5.74, 6) is -0.665. The molecule has 20 heavy (non-hydrogen) atoms. The third-order valence-corrected chi connectivity index (χ3v) is 2.25. The largest absolute Gasteiger partial charge is 0.497 e. The number of rotatable bonds is 6. The molecule has 0 radical (unpaired) electrons. The first-order valence-corrected chi connectivity index (χ1v) is 5.73. The van der Waals surface area contributed by atoms with E-state index in [4.69, 9.17) is 18.9 Å². The lowest BCUT2D eigenvalue weighted by Crippen LogP contribution is -2.32. The van der Waals surface area contributed by atoms with Crippen molar-refractivity contribution in [2.45, 2.75) is 13.2 Å². The van der Waals surface area contributed by atoms with Crippen LogP contribution in [0, 0.1) is 0 Å². The molecule has 0 spiro atoms. The molecule has 0 fully saturated rings. The van der Waals surface area contributed by atoms with Gasteiger partial charge in [-0.1, -0.05) is 6.58 Å². The Morgan fingerprint density at radius 2 is 1.65 bits per heavy atom. The number of carbonyl (C=O) groups excluding carboxylic acids is 2. The number of hydrogen-bond donors (Lipinski definition) is 0. The zero-order valence-electron chi connectivity index (χ0n) is 11.5. The summed E-state index contributed by atoms with van der Waals surface area (Å²) < 4.78 is 19.5. The maximum atomic E-state index is 11.8. The van der Waals surface area contributed by atoms with Crippen molar-refractivity contribution >= 4 is 11.9 Å². The van der Waals surface area contributed by atoms with Gasteiger partial charge >= 0.3 is 18.2 Å². The minimum Gasteiger partial charge on any atom is -0.497 e. The second-order valence-corrected chi connectivity index (χ2v) is 3.85. The van der Waals surface area contributed by atoms with E-state index >= 15 is 0 Å². The first kappa shape index (κ1) is 15.7. The van der Waals surface area contributed by atoms with Gasteiger partial charge in [-0.3, -0.25) is 0 Å². The number of carbonyl (C=O) groups is 2. The Hall–Kier alpha value is -2.34. The number of esters is 2. The Labute approximate surface area is 116 Å². The van der Waals surface area contributed by atoms with Crippen LogP contribution in [0.15, 0.2) is 36.4 Å². The highest BCUT2D eigenvalue weighted by Gasteiger charge is 2.25. The molecule has 0 heterocycles. The summed E-state index contributed by atoms with van der Waals surface area (Å²) in [6.45, 7) is 4.87. The van der Waals surface area contributed by atoms with E-state index in [1.807, 2.05) is 0 Å². The SMILES string of the molecule is C=C(C)C(=O)OC(OC)C(=O)Oc1ccc(OC)cc1. The van der Waals surface area contributed by atoms with Gasteiger partial charge in [0.15, 0.2) is 0 Å². The predicted octanol–water partition coefficient (Wildman–Crippen LogP) is 1.69. The van der Waals surface area contributed by atoms with Crippen LogP contribution in [0.5, 0.6) is 11.5 Å². The molecular formula is C14H16O6. The summed E-state index contributed by atoms with van der Waals surface area (Å²) in [6.07, 6.45) is -1.44. The molecule has 0 aliphatic carbocycles. The zero-order valence-corrected chi connectivity index (χ0v) is 11.5. The first-order valence-electron chi connectivity index (χ1n) is 5.73. The van der Waals surface area contributed by atoms with Crippen molar-refractivity contribution in [1.82, 2.24) is 0 Å². The topological polar surface area (TPSA) is 71.1 Å². The van der Waals surface area contributed by atoms with Gasteiger partial charge in [-0.05, 0) is 31.2 Å². The summed E-state index contributed by atoms with van der Waals surface area (Å²) in [5, 5.41) is 0. The summed E-state index contributed by atoms with van der Waals surface area (Å²) >= 11 is 0. The van der Waals surface area contributed by atoms with E-state index in [0.29, 0.717) is 5.75 Å². The summed E-state index contributed by atoms with van der Waals surface area (Å²) in [5.41, 5.74) is 0.157. The van der Waals surface area contributed by atoms with Crippen molar-refractivity contribution in [1.29, 1.82) is 0 Å². The molecule has 0 aliphatic rings. The van der Waals surface area contributed by atoms with Crippen LogP contribution in [-0.2, 0) is 19.1 Å². The quantitative estimate of drug-likeness (QED) is 0.342. The van der Waals surface area contributed by atoms with Crippen molar-refractivity contribution in [3.05, 3.63) is 36.4 Å². The fourth-order valence-corrected chi connectivity index (χ4v) is 1.20. The molecule has 0 amide bonds. The van der Waals surface area contributed by atoms with Gasteiger partial charge < -0.3 is 18.9 Å². The van der Waals surface area contributed by atoms with Crippen LogP contribution in [0.2, 0.25) is 0 Å². The summed E-state index contributed by atoms with van der Waals surface area (Å²) in [4.78, 5) is 23.1. The predicted molar refractivity (Wildman–Crippen MR) is 70.3 cm³/mol. The van der Waals surface area contributed by atoms with Crippen LogP contribution in [0.1, 0.15) is 6.92 Å². The van der Waals surface area contributed by atoms with Crippen molar-refractivity contribution < 1.29 is 28.5 Å². The van der Waals surface area contributed by atoms with Crippen LogP contribution in [0.3, 0.4) is 0 Å². The molecule has 0 aromatic heterocycles. The smallest absolute Gasteiger partial charge is 0.381 e. The third-order valence-electron chi connectivity index (χ3n) is 2.25. The summed E-state index contributed by atoms with van der Waals surface area (Å²) in [6, 6.07) is 6.35. The second kappa shape index (κ2) is 7.30. The third kappa shape index (κ3) is 4.40. The number of benzene rings is 1. The van der Waals surface area contributed by atoms with E-state index in [9.17, 15) is 9.59 Å². The Kier molecular flexibility index (Phi) is 5.74. The molecular weight excluding hydrogens is 264 g/mol. The first-order chi connectivity index (χ1) is 9.47. The fourth-order valence-electron chi connectivity index (χ4n) is 1.20.